The normalized spacial score (nSPS) is 14.8. The van der Waals surface area contributed by atoms with Crippen molar-refractivity contribution >= 4 is 0 Å². The molecule has 3 aromatic rings. The van der Waals surface area contributed by atoms with E-state index in [1.807, 2.05) is 0 Å². The molecular formula is C16H14F3N5O2. The summed E-state index contributed by atoms with van der Waals surface area (Å²) in [6.07, 6.45) is 3.98. The molecule has 2 aromatic heterocycles. The van der Waals surface area contributed by atoms with Gasteiger partial charge in [-0.25, -0.2) is 23.2 Å². The molecule has 7 nitrogen and oxygen atoms in total. The largest absolute Gasteiger partial charge is 0.711 e. The van der Waals surface area contributed by atoms with Gasteiger partial charge in [0.05, 0.1) is 12.5 Å². The van der Waals surface area contributed by atoms with E-state index >= 15 is 0 Å². The molecule has 0 aliphatic heterocycles. The molecule has 0 saturated carbocycles. The summed E-state index contributed by atoms with van der Waals surface area (Å²) in [6.45, 7) is 1.12. The van der Waals surface area contributed by atoms with Gasteiger partial charge in [0, 0.05) is 11.6 Å². The van der Waals surface area contributed by atoms with Crippen molar-refractivity contribution in [3.8, 4) is 0 Å². The zero-order valence-corrected chi connectivity index (χ0v) is 13.6. The molecule has 136 valence electrons. The monoisotopic (exact) mass is 365 g/mol. The molecule has 1 aromatic carbocycles. The summed E-state index contributed by atoms with van der Waals surface area (Å²) in [6, 6.07) is 2.68. The van der Waals surface area contributed by atoms with Crippen molar-refractivity contribution in [2.24, 2.45) is 0 Å². The lowest BCUT2D eigenvalue weighted by Gasteiger charge is -2.33. The van der Waals surface area contributed by atoms with Gasteiger partial charge in [-0.05, 0) is 11.1 Å². The zero-order chi connectivity index (χ0) is 18.9. The topological polar surface area (TPSA) is 90.8 Å². The van der Waals surface area contributed by atoms with Crippen LogP contribution in [0.4, 0.5) is 13.2 Å². The number of halogens is 3. The van der Waals surface area contributed by atoms with Crippen LogP contribution in [-0.4, -0.2) is 24.9 Å². The van der Waals surface area contributed by atoms with Crippen LogP contribution < -0.4 is 4.73 Å². The molecule has 1 N–H and O–H groups in total. The number of hydrogen-bond acceptors (Lipinski definition) is 5. The zero-order valence-electron chi connectivity index (χ0n) is 13.6. The van der Waals surface area contributed by atoms with Crippen molar-refractivity contribution in [2.45, 2.75) is 25.0 Å². The van der Waals surface area contributed by atoms with Crippen LogP contribution in [0.1, 0.15) is 24.1 Å². The van der Waals surface area contributed by atoms with Gasteiger partial charge in [0.15, 0.2) is 5.69 Å². The highest BCUT2D eigenvalue weighted by Crippen LogP contribution is 2.39. The second-order valence-electron chi connectivity index (χ2n) is 5.83. The molecule has 0 radical (unpaired) electrons. The van der Waals surface area contributed by atoms with Gasteiger partial charge in [0.2, 0.25) is 5.82 Å². The molecule has 0 aliphatic carbocycles. The Morgan fingerprint density at radius 1 is 1.31 bits per heavy atom. The predicted octanol–water partition coefficient (Wildman–Crippen LogP) is 1.42. The summed E-state index contributed by atoms with van der Waals surface area (Å²) in [7, 11) is 0. The van der Waals surface area contributed by atoms with Gasteiger partial charge in [-0.15, -0.1) is 0 Å². The Labute approximate surface area is 146 Å². The Morgan fingerprint density at radius 3 is 2.69 bits per heavy atom. The molecular weight excluding hydrogens is 351 g/mol. The maximum absolute atomic E-state index is 14.4. The average Bonchev–Trinajstić information content (AvgIpc) is 3.06. The minimum Gasteiger partial charge on any atom is -0.711 e. The van der Waals surface area contributed by atoms with Crippen molar-refractivity contribution in [3.63, 3.8) is 0 Å². The van der Waals surface area contributed by atoms with Gasteiger partial charge in [-0.3, -0.25) is 0 Å². The van der Waals surface area contributed by atoms with E-state index in [0.29, 0.717) is 12.3 Å². The van der Waals surface area contributed by atoms with Crippen LogP contribution in [0.15, 0.2) is 43.4 Å². The second-order valence-corrected chi connectivity index (χ2v) is 5.83. The van der Waals surface area contributed by atoms with Crippen molar-refractivity contribution in [2.75, 3.05) is 0 Å². The van der Waals surface area contributed by atoms with Crippen molar-refractivity contribution in [3.05, 3.63) is 77.3 Å². The minimum absolute atomic E-state index is 0.167. The highest BCUT2D eigenvalue weighted by Gasteiger charge is 2.43. The smallest absolute Gasteiger partial charge is 0.289 e. The summed E-state index contributed by atoms with van der Waals surface area (Å²) >= 11 is 0. The van der Waals surface area contributed by atoms with Crippen molar-refractivity contribution < 1.29 is 23.0 Å². The van der Waals surface area contributed by atoms with E-state index in [-0.39, 0.29) is 22.5 Å². The first-order valence-corrected chi connectivity index (χ1v) is 7.56. The highest BCUT2D eigenvalue weighted by atomic mass is 19.1. The Balaban J connectivity index is 2.13. The van der Waals surface area contributed by atoms with E-state index in [1.165, 1.54) is 24.3 Å². The van der Waals surface area contributed by atoms with Crippen LogP contribution in [0.5, 0.6) is 0 Å². The molecule has 2 atom stereocenters. The SMILES string of the molecule is C[C@@H](c1nc[n+]([O-])cc1F)[C@](O)(Cn1cncn1)c1ccc(F)cc1F. The van der Waals surface area contributed by atoms with Gasteiger partial charge in [0.1, 0.15) is 36.1 Å². The minimum atomic E-state index is -2.05. The van der Waals surface area contributed by atoms with Crippen LogP contribution in [0.2, 0.25) is 0 Å². The number of benzene rings is 1. The fraction of sp³-hybridized carbons (Fsp3) is 0.250. The molecule has 10 heteroatoms. The fourth-order valence-electron chi connectivity index (χ4n) is 2.79. The molecule has 2 heterocycles. The molecule has 3 rings (SSSR count). The van der Waals surface area contributed by atoms with Crippen LogP contribution in [-0.2, 0) is 12.1 Å². The van der Waals surface area contributed by atoms with Gasteiger partial charge < -0.3 is 10.3 Å². The maximum atomic E-state index is 14.4. The Hall–Kier alpha value is -3.01. The molecule has 0 bridgehead atoms. The van der Waals surface area contributed by atoms with Gasteiger partial charge in [0.25, 0.3) is 6.33 Å². The van der Waals surface area contributed by atoms with Crippen LogP contribution in [0.25, 0.3) is 0 Å². The third-order valence-corrected chi connectivity index (χ3v) is 4.19. The number of hydrogen-bond donors (Lipinski definition) is 1. The Morgan fingerprint density at radius 2 is 2.08 bits per heavy atom. The highest BCUT2D eigenvalue weighted by molar-refractivity contribution is 5.29. The first-order valence-electron chi connectivity index (χ1n) is 7.56. The molecule has 0 saturated heterocycles. The maximum Gasteiger partial charge on any atom is 0.289 e. The quantitative estimate of drug-likeness (QED) is 0.545. The Kier molecular flexibility index (Phi) is 4.60. The molecule has 0 spiro atoms. The second kappa shape index (κ2) is 6.71. The van der Waals surface area contributed by atoms with E-state index in [4.69, 9.17) is 0 Å². The van der Waals surface area contributed by atoms with E-state index in [9.17, 15) is 23.5 Å². The summed E-state index contributed by atoms with van der Waals surface area (Å²) in [5.74, 6) is -3.89. The average molecular weight is 365 g/mol. The third-order valence-electron chi connectivity index (χ3n) is 4.19. The Bertz CT molecular complexity index is 922. The van der Waals surface area contributed by atoms with Crippen LogP contribution in [0.3, 0.4) is 0 Å². The fourth-order valence-corrected chi connectivity index (χ4v) is 2.79. The van der Waals surface area contributed by atoms with Crippen molar-refractivity contribution in [1.82, 2.24) is 19.7 Å². The van der Waals surface area contributed by atoms with Gasteiger partial charge >= 0.3 is 0 Å². The van der Waals surface area contributed by atoms with Crippen molar-refractivity contribution in [1.29, 1.82) is 0 Å². The molecule has 0 aliphatic rings. The van der Waals surface area contributed by atoms with Crippen LogP contribution in [0, 0.1) is 22.7 Å². The lowest BCUT2D eigenvalue weighted by atomic mass is 9.79. The molecule has 26 heavy (non-hydrogen) atoms. The standard InChI is InChI=1S/C16H14F3N5O2/c1-10(15-14(19)5-24(26)9-21-15)16(25,6-23-8-20-7-22-23)12-3-2-11(17)4-13(12)18/h2-5,7-10,25H,6H2,1H3/t10-,16+/m0/s1. The lowest BCUT2D eigenvalue weighted by molar-refractivity contribution is -0.610. The molecule has 0 amide bonds. The van der Waals surface area contributed by atoms with Crippen LogP contribution >= 0.6 is 0 Å². The van der Waals surface area contributed by atoms with Gasteiger partial charge in [-0.2, -0.15) is 9.49 Å². The summed E-state index contributed by atoms with van der Waals surface area (Å²) in [5, 5.41) is 26.3. The van der Waals surface area contributed by atoms with E-state index in [0.717, 1.165) is 18.5 Å². The lowest BCUT2D eigenvalue weighted by Crippen LogP contribution is -2.39. The molecule has 0 fully saturated rings. The summed E-state index contributed by atoms with van der Waals surface area (Å²) in [4.78, 5) is 7.47. The van der Waals surface area contributed by atoms with E-state index in [1.54, 1.807) is 0 Å². The molecule has 0 unspecified atom stereocenters. The van der Waals surface area contributed by atoms with E-state index < -0.39 is 29.0 Å². The number of aliphatic hydroxyl groups is 1. The predicted molar refractivity (Wildman–Crippen MR) is 81.8 cm³/mol. The first-order chi connectivity index (χ1) is 12.3. The first kappa shape index (κ1) is 17.8. The summed E-state index contributed by atoms with van der Waals surface area (Å²) in [5.41, 5.74) is -2.56. The number of aromatic nitrogens is 5. The van der Waals surface area contributed by atoms with Gasteiger partial charge in [-0.1, -0.05) is 13.0 Å². The third kappa shape index (κ3) is 3.23. The number of rotatable bonds is 5. The number of nitrogens with zero attached hydrogens (tertiary/aromatic N) is 5. The summed E-state index contributed by atoms with van der Waals surface area (Å²) < 4.78 is 43.3. The van der Waals surface area contributed by atoms with E-state index in [2.05, 4.69) is 15.1 Å².